The van der Waals surface area contributed by atoms with Gasteiger partial charge in [-0.2, -0.15) is 0 Å². The number of benzene rings is 1. The number of hydrogen-bond donors (Lipinski definition) is 1. The minimum Gasteiger partial charge on any atom is -0.497 e. The molecule has 0 aromatic heterocycles. The highest BCUT2D eigenvalue weighted by Crippen LogP contribution is 2.21. The smallest absolute Gasteiger partial charge is 0.317 e. The topological polar surface area (TPSA) is 41.6 Å². The monoisotopic (exact) mass is 316 g/mol. The highest BCUT2D eigenvalue weighted by molar-refractivity contribution is 5.74. The van der Waals surface area contributed by atoms with Gasteiger partial charge in [0.05, 0.1) is 7.11 Å². The standard InChI is InChI=1S/C19H28N2O2/c1-3-13-20-19(22)21(14-16-7-5-4-6-8-16)15-17-9-11-18(23-2)12-10-17/h4-5,9-12,16H,3,6-8,13-15H2,1-2H3,(H,20,22)/t16-/m1/s1. The van der Waals surface area contributed by atoms with Gasteiger partial charge in [-0.1, -0.05) is 31.2 Å². The van der Waals surface area contributed by atoms with Gasteiger partial charge < -0.3 is 15.0 Å². The molecule has 0 bridgehead atoms. The molecule has 0 saturated heterocycles. The Kier molecular flexibility index (Phi) is 6.98. The quantitative estimate of drug-likeness (QED) is 0.773. The first-order chi connectivity index (χ1) is 11.2. The Morgan fingerprint density at radius 1 is 1.30 bits per heavy atom. The maximum atomic E-state index is 12.5. The number of amides is 2. The predicted octanol–water partition coefficient (Wildman–Crippen LogP) is 3.97. The summed E-state index contributed by atoms with van der Waals surface area (Å²) in [6.45, 7) is 4.24. The number of ether oxygens (including phenoxy) is 1. The van der Waals surface area contributed by atoms with Crippen LogP contribution in [0, 0.1) is 5.92 Å². The van der Waals surface area contributed by atoms with Crippen molar-refractivity contribution in [3.05, 3.63) is 42.0 Å². The Balaban J connectivity index is 2.01. The average molecular weight is 316 g/mol. The summed E-state index contributed by atoms with van der Waals surface area (Å²) in [7, 11) is 1.66. The highest BCUT2D eigenvalue weighted by atomic mass is 16.5. The number of carbonyl (C=O) groups is 1. The Bertz CT molecular complexity index is 511. The van der Waals surface area contributed by atoms with Gasteiger partial charge in [-0.3, -0.25) is 0 Å². The van der Waals surface area contributed by atoms with Gasteiger partial charge in [-0.15, -0.1) is 0 Å². The van der Waals surface area contributed by atoms with Gasteiger partial charge in [0.25, 0.3) is 0 Å². The van der Waals surface area contributed by atoms with Crippen molar-refractivity contribution in [3.8, 4) is 5.75 Å². The number of allylic oxidation sites excluding steroid dienone is 2. The zero-order valence-electron chi connectivity index (χ0n) is 14.3. The molecule has 0 fully saturated rings. The Labute approximate surface area is 139 Å². The first-order valence-electron chi connectivity index (χ1n) is 8.53. The van der Waals surface area contributed by atoms with Crippen molar-refractivity contribution >= 4 is 6.03 Å². The minimum absolute atomic E-state index is 0.0391. The van der Waals surface area contributed by atoms with Crippen LogP contribution in [0.2, 0.25) is 0 Å². The van der Waals surface area contributed by atoms with Crippen molar-refractivity contribution in [2.24, 2.45) is 5.92 Å². The van der Waals surface area contributed by atoms with E-state index in [0.717, 1.165) is 50.1 Å². The molecular weight excluding hydrogens is 288 g/mol. The molecule has 0 spiro atoms. The van der Waals surface area contributed by atoms with E-state index >= 15 is 0 Å². The second-order valence-electron chi connectivity index (χ2n) is 6.11. The fraction of sp³-hybridized carbons (Fsp3) is 0.526. The molecule has 4 nitrogen and oxygen atoms in total. The number of nitrogens with zero attached hydrogens (tertiary/aromatic N) is 1. The van der Waals surface area contributed by atoms with E-state index in [4.69, 9.17) is 4.74 Å². The summed E-state index contributed by atoms with van der Waals surface area (Å²) in [5, 5.41) is 3.01. The van der Waals surface area contributed by atoms with Crippen LogP contribution >= 0.6 is 0 Å². The molecule has 1 aromatic carbocycles. The van der Waals surface area contributed by atoms with E-state index in [-0.39, 0.29) is 6.03 Å². The SMILES string of the molecule is CCCNC(=O)N(Cc1ccc(OC)cc1)C[C@@H]1CC=CCC1. The number of urea groups is 1. The van der Waals surface area contributed by atoms with Crippen molar-refractivity contribution in [1.29, 1.82) is 0 Å². The summed E-state index contributed by atoms with van der Waals surface area (Å²) in [4.78, 5) is 14.4. The van der Waals surface area contributed by atoms with Crippen LogP contribution in [0.25, 0.3) is 0 Å². The molecule has 0 heterocycles. The lowest BCUT2D eigenvalue weighted by atomic mass is 9.94. The van der Waals surface area contributed by atoms with Crippen LogP contribution in [-0.4, -0.2) is 31.1 Å². The van der Waals surface area contributed by atoms with Crippen molar-refractivity contribution in [2.45, 2.75) is 39.2 Å². The van der Waals surface area contributed by atoms with Crippen molar-refractivity contribution in [2.75, 3.05) is 20.2 Å². The third kappa shape index (κ3) is 5.62. The molecule has 1 N–H and O–H groups in total. The van der Waals surface area contributed by atoms with Crippen LogP contribution in [0.1, 0.15) is 38.2 Å². The molecule has 1 aromatic rings. The second-order valence-corrected chi connectivity index (χ2v) is 6.11. The highest BCUT2D eigenvalue weighted by Gasteiger charge is 2.19. The number of hydrogen-bond acceptors (Lipinski definition) is 2. The fourth-order valence-electron chi connectivity index (χ4n) is 2.85. The summed E-state index contributed by atoms with van der Waals surface area (Å²) >= 11 is 0. The van der Waals surface area contributed by atoms with Gasteiger partial charge in [0, 0.05) is 19.6 Å². The van der Waals surface area contributed by atoms with Crippen molar-refractivity contribution in [1.82, 2.24) is 10.2 Å². The van der Waals surface area contributed by atoms with Crippen molar-refractivity contribution in [3.63, 3.8) is 0 Å². The van der Waals surface area contributed by atoms with Gasteiger partial charge in [0.15, 0.2) is 0 Å². The molecule has 126 valence electrons. The third-order valence-electron chi connectivity index (χ3n) is 4.20. The average Bonchev–Trinajstić information content (AvgIpc) is 2.60. The van der Waals surface area contributed by atoms with E-state index in [0.29, 0.717) is 12.5 Å². The van der Waals surface area contributed by atoms with Gasteiger partial charge in [-0.05, 0) is 49.3 Å². The first-order valence-corrected chi connectivity index (χ1v) is 8.53. The maximum absolute atomic E-state index is 12.5. The van der Waals surface area contributed by atoms with E-state index in [2.05, 4.69) is 24.4 Å². The van der Waals surface area contributed by atoms with Gasteiger partial charge in [0.1, 0.15) is 5.75 Å². The van der Waals surface area contributed by atoms with Gasteiger partial charge >= 0.3 is 6.03 Å². The summed E-state index contributed by atoms with van der Waals surface area (Å²) < 4.78 is 5.20. The predicted molar refractivity (Wildman–Crippen MR) is 93.6 cm³/mol. The van der Waals surface area contributed by atoms with E-state index < -0.39 is 0 Å². The fourth-order valence-corrected chi connectivity index (χ4v) is 2.85. The van der Waals surface area contributed by atoms with Gasteiger partial charge in [-0.25, -0.2) is 4.79 Å². The molecule has 4 heteroatoms. The normalized spacial score (nSPS) is 16.9. The maximum Gasteiger partial charge on any atom is 0.317 e. The Morgan fingerprint density at radius 2 is 2.09 bits per heavy atom. The minimum atomic E-state index is 0.0391. The number of rotatable bonds is 7. The lowest BCUT2D eigenvalue weighted by Gasteiger charge is -2.28. The zero-order chi connectivity index (χ0) is 16.5. The van der Waals surface area contributed by atoms with Crippen LogP contribution in [0.5, 0.6) is 5.75 Å². The molecular formula is C19H28N2O2. The molecule has 2 rings (SSSR count). The molecule has 1 aliphatic carbocycles. The van der Waals surface area contributed by atoms with E-state index in [1.165, 1.54) is 0 Å². The molecule has 1 aliphatic rings. The van der Waals surface area contributed by atoms with Crippen LogP contribution in [0.15, 0.2) is 36.4 Å². The largest absolute Gasteiger partial charge is 0.497 e. The van der Waals surface area contributed by atoms with Crippen LogP contribution < -0.4 is 10.1 Å². The summed E-state index contributed by atoms with van der Waals surface area (Å²) in [5.41, 5.74) is 1.13. The van der Waals surface area contributed by atoms with Gasteiger partial charge in [0.2, 0.25) is 0 Å². The lowest BCUT2D eigenvalue weighted by Crippen LogP contribution is -2.42. The lowest BCUT2D eigenvalue weighted by molar-refractivity contribution is 0.182. The molecule has 0 aliphatic heterocycles. The number of carbonyl (C=O) groups excluding carboxylic acids is 1. The zero-order valence-corrected chi connectivity index (χ0v) is 14.3. The summed E-state index contributed by atoms with van der Waals surface area (Å²) in [6.07, 6.45) is 8.79. The third-order valence-corrected chi connectivity index (χ3v) is 4.20. The van der Waals surface area contributed by atoms with Crippen LogP contribution in [0.4, 0.5) is 4.79 Å². The summed E-state index contributed by atoms with van der Waals surface area (Å²) in [5.74, 6) is 1.40. The summed E-state index contributed by atoms with van der Waals surface area (Å²) in [6, 6.07) is 7.98. The molecule has 1 atom stereocenters. The molecule has 0 radical (unpaired) electrons. The van der Waals surface area contributed by atoms with Crippen molar-refractivity contribution < 1.29 is 9.53 Å². The molecule has 0 unspecified atom stereocenters. The van der Waals surface area contributed by atoms with E-state index in [9.17, 15) is 4.79 Å². The number of nitrogens with one attached hydrogen (secondary N) is 1. The van der Waals surface area contributed by atoms with E-state index in [1.54, 1.807) is 7.11 Å². The first kappa shape index (κ1) is 17.4. The van der Waals surface area contributed by atoms with E-state index in [1.807, 2.05) is 29.2 Å². The van der Waals surface area contributed by atoms with Crippen LogP contribution in [0.3, 0.4) is 0 Å². The Morgan fingerprint density at radius 3 is 2.70 bits per heavy atom. The van der Waals surface area contributed by atoms with Crippen LogP contribution in [-0.2, 0) is 6.54 Å². The molecule has 2 amide bonds. The molecule has 23 heavy (non-hydrogen) atoms. The molecule has 0 saturated carbocycles. The second kappa shape index (κ2) is 9.23. The number of methoxy groups -OCH3 is 1. The Hall–Kier alpha value is -1.97.